The number of benzene rings is 8. The summed E-state index contributed by atoms with van der Waals surface area (Å²) in [6.07, 6.45) is 0. The highest BCUT2D eigenvalue weighted by Gasteiger charge is 2.25. The Morgan fingerprint density at radius 2 is 0.759 bits per heavy atom. The van der Waals surface area contributed by atoms with E-state index in [9.17, 15) is 10.5 Å². The van der Waals surface area contributed by atoms with Crippen LogP contribution >= 0.6 is 0 Å². The molecule has 0 aliphatic heterocycles. The predicted octanol–water partition coefficient (Wildman–Crippen LogP) is 12.4. The molecule has 0 aliphatic rings. The summed E-state index contributed by atoms with van der Waals surface area (Å²) >= 11 is 0. The molecule has 0 aliphatic carbocycles. The fraction of sp³-hybridized carbons (Fsp3) is 0.125. The Balaban J connectivity index is 1.41. The van der Waals surface area contributed by atoms with Crippen LogP contribution in [0, 0.1) is 22.7 Å². The van der Waals surface area contributed by atoms with Crippen LogP contribution in [0.15, 0.2) is 146 Å². The van der Waals surface area contributed by atoms with E-state index in [1.807, 2.05) is 36.4 Å². The molecule has 8 rings (SSSR count). The average molecular weight is 731 g/mol. The summed E-state index contributed by atoms with van der Waals surface area (Å²) in [4.78, 5) is 4.64. The van der Waals surface area contributed by atoms with Crippen molar-refractivity contribution in [3.05, 3.63) is 157 Å². The molecule has 262 valence electrons. The SMILES string of the molecule is C[Si](C)(C)c1cccc(N(c2cccc(C#N)c2)c2ccc3ccc4c(N(c5cccc(C#N)c5)c5cccc([Si](C)(C)C)c5)ccc5ccc2c3c54)c1. The molecule has 0 fully saturated rings. The minimum absolute atomic E-state index is 0.625. The number of hydrogen-bond donors (Lipinski definition) is 0. The van der Waals surface area contributed by atoms with E-state index >= 15 is 0 Å². The van der Waals surface area contributed by atoms with Gasteiger partial charge in [-0.1, -0.05) is 122 Å². The van der Waals surface area contributed by atoms with Gasteiger partial charge in [0.1, 0.15) is 0 Å². The molecule has 8 aromatic rings. The van der Waals surface area contributed by atoms with Crippen molar-refractivity contribution in [2.75, 3.05) is 9.80 Å². The third-order valence-electron chi connectivity index (χ3n) is 10.5. The lowest BCUT2D eigenvalue weighted by Crippen LogP contribution is -2.37. The zero-order valence-corrected chi connectivity index (χ0v) is 33.6. The highest BCUT2D eigenvalue weighted by atomic mass is 28.3. The Morgan fingerprint density at radius 3 is 1.13 bits per heavy atom. The van der Waals surface area contributed by atoms with Gasteiger partial charge in [-0.3, -0.25) is 0 Å². The van der Waals surface area contributed by atoms with Crippen molar-refractivity contribution >= 4 is 93.0 Å². The first-order chi connectivity index (χ1) is 25.9. The smallest absolute Gasteiger partial charge is 0.0992 e. The second kappa shape index (κ2) is 13.3. The second-order valence-electron chi connectivity index (χ2n) is 16.2. The van der Waals surface area contributed by atoms with E-state index in [1.165, 1.54) is 31.9 Å². The van der Waals surface area contributed by atoms with Crippen LogP contribution in [0.25, 0.3) is 32.3 Å². The standard InChI is InChI=1S/C48H42N4Si2/c1-53(2,3)41-17-9-15-39(29-41)51(37-13-7-11-33(27-37)31-49)45-25-21-35-20-24-44-46(26-22-36-19-23-43(45)47(35)48(36)44)52(38-14-8-12-34(28-38)32-50)40-16-10-18-42(30-40)54(4,5)6/h7-30H,1-6H3. The van der Waals surface area contributed by atoms with Crippen molar-refractivity contribution in [2.24, 2.45) is 0 Å². The van der Waals surface area contributed by atoms with Crippen molar-refractivity contribution in [1.82, 2.24) is 0 Å². The van der Waals surface area contributed by atoms with Crippen LogP contribution < -0.4 is 20.2 Å². The number of nitrogens with zero attached hydrogens (tertiary/aromatic N) is 4. The molecule has 0 saturated heterocycles. The summed E-state index contributed by atoms with van der Waals surface area (Å²) in [5, 5.41) is 29.6. The Hall–Kier alpha value is -6.19. The predicted molar refractivity (Wildman–Crippen MR) is 235 cm³/mol. The quantitative estimate of drug-likeness (QED) is 0.115. The molecule has 0 aromatic heterocycles. The molecule has 8 aromatic carbocycles. The Morgan fingerprint density at radius 1 is 0.407 bits per heavy atom. The third-order valence-corrected chi connectivity index (χ3v) is 14.6. The maximum Gasteiger partial charge on any atom is 0.0992 e. The molecule has 4 nitrogen and oxygen atoms in total. The van der Waals surface area contributed by atoms with Crippen LogP contribution in [-0.2, 0) is 0 Å². The molecule has 0 heterocycles. The van der Waals surface area contributed by atoms with E-state index in [-0.39, 0.29) is 0 Å². The molecule has 54 heavy (non-hydrogen) atoms. The Bertz CT molecular complexity index is 2600. The van der Waals surface area contributed by atoms with Gasteiger partial charge >= 0.3 is 0 Å². The fourth-order valence-corrected chi connectivity index (χ4v) is 10.0. The van der Waals surface area contributed by atoms with Crippen molar-refractivity contribution in [2.45, 2.75) is 39.3 Å². The van der Waals surface area contributed by atoms with Crippen molar-refractivity contribution in [3.63, 3.8) is 0 Å². The first-order valence-electron chi connectivity index (χ1n) is 18.5. The number of hydrogen-bond acceptors (Lipinski definition) is 4. The van der Waals surface area contributed by atoms with Crippen LogP contribution in [0.1, 0.15) is 11.1 Å². The van der Waals surface area contributed by atoms with E-state index in [0.717, 1.165) is 44.9 Å². The van der Waals surface area contributed by atoms with Gasteiger partial charge in [-0.2, -0.15) is 10.5 Å². The molecule has 0 radical (unpaired) electrons. The van der Waals surface area contributed by atoms with Crippen molar-refractivity contribution in [1.29, 1.82) is 10.5 Å². The van der Waals surface area contributed by atoms with Gasteiger partial charge in [-0.15, -0.1) is 0 Å². The summed E-state index contributed by atoms with van der Waals surface area (Å²) in [6.45, 7) is 14.3. The van der Waals surface area contributed by atoms with E-state index in [2.05, 4.69) is 170 Å². The first kappa shape index (κ1) is 34.9. The van der Waals surface area contributed by atoms with Gasteiger partial charge in [0.2, 0.25) is 0 Å². The van der Waals surface area contributed by atoms with E-state index in [1.54, 1.807) is 0 Å². The van der Waals surface area contributed by atoms with Crippen LogP contribution in [0.5, 0.6) is 0 Å². The van der Waals surface area contributed by atoms with Gasteiger partial charge in [-0.05, 0) is 94.3 Å². The highest BCUT2D eigenvalue weighted by Crippen LogP contribution is 2.47. The van der Waals surface area contributed by atoms with Crippen LogP contribution in [0.2, 0.25) is 39.3 Å². The topological polar surface area (TPSA) is 54.1 Å². The number of rotatable bonds is 8. The van der Waals surface area contributed by atoms with Crippen molar-refractivity contribution in [3.8, 4) is 12.1 Å². The lowest BCUT2D eigenvalue weighted by Gasteiger charge is -2.30. The second-order valence-corrected chi connectivity index (χ2v) is 26.3. The van der Waals surface area contributed by atoms with Crippen molar-refractivity contribution < 1.29 is 0 Å². The normalized spacial score (nSPS) is 11.9. The van der Waals surface area contributed by atoms with Gasteiger partial charge in [0.15, 0.2) is 0 Å². The zero-order valence-electron chi connectivity index (χ0n) is 31.6. The fourth-order valence-electron chi connectivity index (χ4n) is 7.67. The van der Waals surface area contributed by atoms with Gasteiger partial charge < -0.3 is 9.80 Å². The average Bonchev–Trinajstić information content (AvgIpc) is 3.18. The van der Waals surface area contributed by atoms with Gasteiger partial charge in [0.05, 0.1) is 50.8 Å². The molecule has 0 saturated carbocycles. The molecule has 0 amide bonds. The maximum absolute atomic E-state index is 9.93. The molecule has 0 unspecified atom stereocenters. The molecular formula is C48H42N4Si2. The zero-order chi connectivity index (χ0) is 37.8. The van der Waals surface area contributed by atoms with Gasteiger partial charge in [0.25, 0.3) is 0 Å². The molecular weight excluding hydrogens is 689 g/mol. The molecule has 0 atom stereocenters. The Kier molecular flexibility index (Phi) is 8.62. The number of anilines is 6. The minimum Gasteiger partial charge on any atom is -0.310 e. The molecule has 6 heteroatoms. The lowest BCUT2D eigenvalue weighted by molar-refractivity contribution is 1.29. The third kappa shape index (κ3) is 6.20. The maximum atomic E-state index is 9.93. The first-order valence-corrected chi connectivity index (χ1v) is 25.5. The summed E-state index contributed by atoms with van der Waals surface area (Å²) in [5.74, 6) is 0. The highest BCUT2D eigenvalue weighted by molar-refractivity contribution is 6.89. The van der Waals surface area contributed by atoms with E-state index < -0.39 is 16.1 Å². The van der Waals surface area contributed by atoms with Gasteiger partial charge in [-0.25, -0.2) is 0 Å². The summed E-state index contributed by atoms with van der Waals surface area (Å²) < 4.78 is 0. The molecule has 0 bridgehead atoms. The Labute approximate surface area is 320 Å². The van der Waals surface area contributed by atoms with Crippen LogP contribution in [0.3, 0.4) is 0 Å². The summed E-state index contributed by atoms with van der Waals surface area (Å²) in [7, 11) is -3.26. The van der Waals surface area contributed by atoms with Crippen LogP contribution in [0.4, 0.5) is 34.1 Å². The largest absolute Gasteiger partial charge is 0.310 e. The summed E-state index contributed by atoms with van der Waals surface area (Å²) in [5.41, 5.74) is 7.42. The van der Waals surface area contributed by atoms with E-state index in [4.69, 9.17) is 0 Å². The summed E-state index contributed by atoms with van der Waals surface area (Å²) in [6, 6.07) is 56.4. The lowest BCUT2D eigenvalue weighted by atomic mass is 9.91. The van der Waals surface area contributed by atoms with E-state index in [0.29, 0.717) is 11.1 Å². The molecule has 0 N–H and O–H groups in total. The van der Waals surface area contributed by atoms with Gasteiger partial charge in [0, 0.05) is 33.5 Å². The van der Waals surface area contributed by atoms with Crippen LogP contribution in [-0.4, -0.2) is 16.1 Å². The molecule has 0 spiro atoms. The monoisotopic (exact) mass is 730 g/mol. The minimum atomic E-state index is -1.63. The number of nitriles is 2.